The van der Waals surface area contributed by atoms with Crippen molar-refractivity contribution < 1.29 is 13.2 Å². The lowest BCUT2D eigenvalue weighted by molar-refractivity contribution is -0.137. The molecule has 8 heteroatoms. The summed E-state index contributed by atoms with van der Waals surface area (Å²) in [5.41, 5.74) is 0.0409. The maximum atomic E-state index is 13.3. The van der Waals surface area contributed by atoms with E-state index in [1.807, 2.05) is 17.0 Å². The number of anilines is 2. The van der Waals surface area contributed by atoms with Crippen LogP contribution in [0.15, 0.2) is 30.6 Å². The molecular formula is C19H24F3N5. The maximum Gasteiger partial charge on any atom is 0.417 e. The first kappa shape index (κ1) is 18.2. The molecule has 146 valence electrons. The molecular weight excluding hydrogens is 355 g/mol. The van der Waals surface area contributed by atoms with E-state index in [9.17, 15) is 13.2 Å². The average Bonchev–Trinajstić information content (AvgIpc) is 3.15. The van der Waals surface area contributed by atoms with E-state index in [1.54, 1.807) is 10.8 Å². The van der Waals surface area contributed by atoms with Gasteiger partial charge in [-0.2, -0.15) is 13.2 Å². The van der Waals surface area contributed by atoms with Gasteiger partial charge in [-0.1, -0.05) is 0 Å². The standard InChI is InChI=1S/C19H24F3N5/c20-19(21,22)15-12-18(26-8-2-1-3-9-26)27(14-15)16-4-5-17(24-13-16)25-10-6-23-7-11-25/h4-5,12-14,23H,1-3,6-11H2. The Morgan fingerprint density at radius 2 is 1.67 bits per heavy atom. The quantitative estimate of drug-likeness (QED) is 0.888. The van der Waals surface area contributed by atoms with Crippen LogP contribution >= 0.6 is 0 Å². The number of piperazine rings is 1. The van der Waals surface area contributed by atoms with Crippen LogP contribution in [0.2, 0.25) is 0 Å². The molecule has 2 aliphatic rings. The molecule has 2 aliphatic heterocycles. The van der Waals surface area contributed by atoms with Crippen LogP contribution in [0.4, 0.5) is 24.8 Å². The smallest absolute Gasteiger partial charge is 0.358 e. The highest BCUT2D eigenvalue weighted by atomic mass is 19.4. The largest absolute Gasteiger partial charge is 0.417 e. The predicted molar refractivity (Wildman–Crippen MR) is 99.7 cm³/mol. The van der Waals surface area contributed by atoms with Gasteiger partial charge in [-0.15, -0.1) is 0 Å². The third-order valence-electron chi connectivity index (χ3n) is 5.26. The van der Waals surface area contributed by atoms with Crippen LogP contribution in [0.3, 0.4) is 0 Å². The van der Waals surface area contributed by atoms with Gasteiger partial charge in [0.05, 0.1) is 17.4 Å². The van der Waals surface area contributed by atoms with Gasteiger partial charge in [-0.05, 0) is 37.5 Å². The molecule has 5 nitrogen and oxygen atoms in total. The molecule has 2 aromatic heterocycles. The minimum Gasteiger partial charge on any atom is -0.358 e. The van der Waals surface area contributed by atoms with Gasteiger partial charge in [0.15, 0.2) is 0 Å². The summed E-state index contributed by atoms with van der Waals surface area (Å²) >= 11 is 0. The van der Waals surface area contributed by atoms with E-state index in [0.29, 0.717) is 11.5 Å². The Labute approximate surface area is 156 Å². The zero-order valence-corrected chi connectivity index (χ0v) is 15.2. The van der Waals surface area contributed by atoms with E-state index >= 15 is 0 Å². The third kappa shape index (κ3) is 3.90. The van der Waals surface area contributed by atoms with Crippen molar-refractivity contribution >= 4 is 11.6 Å². The molecule has 0 spiro atoms. The number of rotatable bonds is 3. The van der Waals surface area contributed by atoms with Crippen LogP contribution in [-0.2, 0) is 6.18 Å². The Balaban J connectivity index is 1.65. The molecule has 0 aromatic carbocycles. The highest BCUT2D eigenvalue weighted by Gasteiger charge is 2.34. The van der Waals surface area contributed by atoms with Gasteiger partial charge < -0.3 is 19.7 Å². The van der Waals surface area contributed by atoms with Crippen LogP contribution < -0.4 is 15.1 Å². The number of halogens is 3. The number of alkyl halides is 3. The van der Waals surface area contributed by atoms with Crippen molar-refractivity contribution in [2.24, 2.45) is 0 Å². The monoisotopic (exact) mass is 379 g/mol. The second-order valence-corrected chi connectivity index (χ2v) is 7.11. The maximum absolute atomic E-state index is 13.3. The van der Waals surface area contributed by atoms with Crippen LogP contribution in [0.5, 0.6) is 0 Å². The summed E-state index contributed by atoms with van der Waals surface area (Å²) in [6, 6.07) is 5.02. The highest BCUT2D eigenvalue weighted by molar-refractivity contribution is 5.54. The van der Waals surface area contributed by atoms with Gasteiger partial charge >= 0.3 is 6.18 Å². The Morgan fingerprint density at radius 3 is 2.30 bits per heavy atom. The molecule has 0 bridgehead atoms. The predicted octanol–water partition coefficient (Wildman–Crippen LogP) is 3.29. The van der Waals surface area contributed by atoms with Crippen LogP contribution in [0.25, 0.3) is 5.69 Å². The highest BCUT2D eigenvalue weighted by Crippen LogP contribution is 2.35. The normalized spacial score (nSPS) is 18.8. The van der Waals surface area contributed by atoms with Gasteiger partial charge in [0.2, 0.25) is 0 Å². The van der Waals surface area contributed by atoms with E-state index in [0.717, 1.165) is 64.3 Å². The number of nitrogens with zero attached hydrogens (tertiary/aromatic N) is 4. The van der Waals surface area contributed by atoms with Gasteiger partial charge in [0.1, 0.15) is 11.6 Å². The number of nitrogens with one attached hydrogen (secondary N) is 1. The Bertz CT molecular complexity index is 757. The second kappa shape index (κ2) is 7.42. The fourth-order valence-electron chi connectivity index (χ4n) is 3.78. The van der Waals surface area contributed by atoms with E-state index in [2.05, 4.69) is 15.2 Å². The van der Waals surface area contributed by atoms with Crippen molar-refractivity contribution in [2.75, 3.05) is 49.1 Å². The minimum absolute atomic E-state index is 0.596. The number of pyridine rings is 1. The van der Waals surface area contributed by atoms with E-state index in [4.69, 9.17) is 0 Å². The Morgan fingerprint density at radius 1 is 0.926 bits per heavy atom. The van der Waals surface area contributed by atoms with Crippen LogP contribution in [0.1, 0.15) is 24.8 Å². The zero-order valence-electron chi connectivity index (χ0n) is 15.2. The summed E-state index contributed by atoms with van der Waals surface area (Å²) < 4.78 is 41.6. The topological polar surface area (TPSA) is 36.3 Å². The summed E-state index contributed by atoms with van der Waals surface area (Å²) in [5.74, 6) is 1.46. The van der Waals surface area contributed by atoms with Crippen molar-refractivity contribution in [3.63, 3.8) is 0 Å². The molecule has 0 atom stereocenters. The lowest BCUT2D eigenvalue weighted by Gasteiger charge is -2.30. The second-order valence-electron chi connectivity index (χ2n) is 7.11. The molecule has 0 unspecified atom stereocenters. The summed E-state index contributed by atoms with van der Waals surface area (Å²) in [6.45, 7) is 5.16. The average molecular weight is 379 g/mol. The first-order valence-electron chi connectivity index (χ1n) is 9.49. The summed E-state index contributed by atoms with van der Waals surface area (Å²) in [5, 5.41) is 3.30. The van der Waals surface area contributed by atoms with Crippen LogP contribution in [-0.4, -0.2) is 48.8 Å². The first-order valence-corrected chi connectivity index (χ1v) is 9.49. The number of aromatic nitrogens is 2. The fourth-order valence-corrected chi connectivity index (χ4v) is 3.78. The molecule has 4 heterocycles. The Kier molecular flexibility index (Phi) is 4.99. The molecule has 0 saturated carbocycles. The molecule has 2 aromatic rings. The molecule has 2 fully saturated rings. The van der Waals surface area contributed by atoms with Gasteiger partial charge in [-0.3, -0.25) is 0 Å². The van der Waals surface area contributed by atoms with Crippen molar-refractivity contribution in [2.45, 2.75) is 25.4 Å². The molecule has 0 amide bonds. The molecule has 0 aliphatic carbocycles. The van der Waals surface area contributed by atoms with E-state index in [1.165, 1.54) is 12.3 Å². The van der Waals surface area contributed by atoms with E-state index < -0.39 is 11.7 Å². The fraction of sp³-hybridized carbons (Fsp3) is 0.526. The van der Waals surface area contributed by atoms with E-state index in [-0.39, 0.29) is 0 Å². The number of hydrogen-bond donors (Lipinski definition) is 1. The lowest BCUT2D eigenvalue weighted by Crippen LogP contribution is -2.43. The lowest BCUT2D eigenvalue weighted by atomic mass is 10.1. The minimum atomic E-state index is -4.36. The summed E-state index contributed by atoms with van der Waals surface area (Å²) in [4.78, 5) is 8.74. The molecule has 2 saturated heterocycles. The SMILES string of the molecule is FC(F)(F)c1cc(N2CCCCC2)n(-c2ccc(N3CCNCC3)nc2)c1. The summed E-state index contributed by atoms with van der Waals surface area (Å²) in [7, 11) is 0. The van der Waals surface area contributed by atoms with Gasteiger partial charge in [0.25, 0.3) is 0 Å². The van der Waals surface area contributed by atoms with Crippen molar-refractivity contribution in [1.29, 1.82) is 0 Å². The third-order valence-corrected chi connectivity index (χ3v) is 5.26. The number of hydrogen-bond acceptors (Lipinski definition) is 4. The zero-order chi connectivity index (χ0) is 18.9. The molecule has 4 rings (SSSR count). The van der Waals surface area contributed by atoms with Crippen molar-refractivity contribution in [1.82, 2.24) is 14.9 Å². The first-order chi connectivity index (χ1) is 13.0. The van der Waals surface area contributed by atoms with Gasteiger partial charge in [0, 0.05) is 45.5 Å². The van der Waals surface area contributed by atoms with Crippen molar-refractivity contribution in [3.05, 3.63) is 36.2 Å². The molecule has 1 N–H and O–H groups in total. The number of piperidine rings is 1. The summed E-state index contributed by atoms with van der Waals surface area (Å²) in [6.07, 6.45) is 1.64. The van der Waals surface area contributed by atoms with Crippen LogP contribution in [0, 0.1) is 0 Å². The molecule has 0 radical (unpaired) electrons. The Hall–Kier alpha value is -2.22. The van der Waals surface area contributed by atoms with Gasteiger partial charge in [-0.25, -0.2) is 4.98 Å². The van der Waals surface area contributed by atoms with Crippen molar-refractivity contribution in [3.8, 4) is 5.69 Å². The molecule has 27 heavy (non-hydrogen) atoms.